The minimum atomic E-state index is -0.306. The van der Waals surface area contributed by atoms with Gasteiger partial charge in [-0.1, -0.05) is 13.8 Å². The number of ether oxygens (including phenoxy) is 1. The lowest BCUT2D eigenvalue weighted by molar-refractivity contribution is -0.149. The van der Waals surface area contributed by atoms with Gasteiger partial charge >= 0.3 is 5.97 Å². The number of esters is 1. The topological polar surface area (TPSA) is 64.4 Å². The van der Waals surface area contributed by atoms with Crippen LogP contribution in [0.25, 0.3) is 5.69 Å². The normalized spacial score (nSPS) is 19.0. The maximum atomic E-state index is 13.8. The van der Waals surface area contributed by atoms with Crippen LogP contribution >= 0.6 is 0 Å². The Bertz CT molecular complexity index is 963. The quantitative estimate of drug-likeness (QED) is 0.640. The van der Waals surface area contributed by atoms with Crippen molar-refractivity contribution in [2.75, 3.05) is 19.7 Å². The fourth-order valence-corrected chi connectivity index (χ4v) is 4.39. The fourth-order valence-electron chi connectivity index (χ4n) is 4.39. The van der Waals surface area contributed by atoms with E-state index in [0.29, 0.717) is 25.3 Å². The molecule has 2 aliphatic rings. The molecule has 1 atom stereocenters. The molecule has 1 saturated heterocycles. The molecule has 31 heavy (non-hydrogen) atoms. The van der Waals surface area contributed by atoms with Crippen molar-refractivity contribution in [2.24, 2.45) is 5.92 Å². The van der Waals surface area contributed by atoms with E-state index in [4.69, 9.17) is 9.84 Å². The minimum absolute atomic E-state index is 0.0506. The Morgan fingerprint density at radius 3 is 2.52 bits per heavy atom. The minimum Gasteiger partial charge on any atom is -0.466 e. The van der Waals surface area contributed by atoms with Crippen molar-refractivity contribution >= 4 is 11.9 Å². The third-order valence-corrected chi connectivity index (χ3v) is 6.07. The molecule has 2 aromatic rings. The first-order chi connectivity index (χ1) is 14.9. The Hall–Kier alpha value is -2.70. The predicted octanol–water partition coefficient (Wildman–Crippen LogP) is 4.43. The van der Waals surface area contributed by atoms with Crippen LogP contribution in [0.15, 0.2) is 24.3 Å². The van der Waals surface area contributed by atoms with Crippen molar-refractivity contribution < 1.29 is 18.7 Å². The first-order valence-electron chi connectivity index (χ1n) is 11.2. The van der Waals surface area contributed by atoms with Crippen LogP contribution in [0.5, 0.6) is 0 Å². The maximum absolute atomic E-state index is 13.8. The number of piperidine rings is 1. The molecule has 2 fully saturated rings. The average molecular weight is 428 g/mol. The lowest BCUT2D eigenvalue weighted by Gasteiger charge is -2.32. The first kappa shape index (κ1) is 21.5. The summed E-state index contributed by atoms with van der Waals surface area (Å²) in [5.74, 6) is -0.546. The number of aromatic nitrogens is 2. The summed E-state index contributed by atoms with van der Waals surface area (Å²) in [6.07, 6.45) is 3.55. The second kappa shape index (κ2) is 8.81. The Kier molecular flexibility index (Phi) is 6.12. The van der Waals surface area contributed by atoms with Gasteiger partial charge < -0.3 is 9.64 Å². The number of likely N-dealkylation sites (tertiary alicyclic amines) is 1. The van der Waals surface area contributed by atoms with E-state index in [9.17, 15) is 14.0 Å². The van der Waals surface area contributed by atoms with Crippen molar-refractivity contribution in [3.05, 3.63) is 47.0 Å². The smallest absolute Gasteiger partial charge is 0.310 e. The van der Waals surface area contributed by atoms with E-state index in [-0.39, 0.29) is 35.4 Å². The van der Waals surface area contributed by atoms with Gasteiger partial charge in [0.1, 0.15) is 5.82 Å². The van der Waals surface area contributed by atoms with Gasteiger partial charge in [-0.3, -0.25) is 9.59 Å². The van der Waals surface area contributed by atoms with Crippen LogP contribution in [0.3, 0.4) is 0 Å². The van der Waals surface area contributed by atoms with Crippen LogP contribution in [-0.2, 0) is 9.53 Å². The van der Waals surface area contributed by atoms with E-state index >= 15 is 0 Å². The summed E-state index contributed by atoms with van der Waals surface area (Å²) in [7, 11) is 0. The summed E-state index contributed by atoms with van der Waals surface area (Å²) in [6, 6.07) is 6.20. The Morgan fingerprint density at radius 1 is 1.19 bits per heavy atom. The van der Waals surface area contributed by atoms with Crippen LogP contribution in [0.2, 0.25) is 0 Å². The lowest BCUT2D eigenvalue weighted by Crippen LogP contribution is -2.43. The van der Waals surface area contributed by atoms with Gasteiger partial charge in [-0.15, -0.1) is 0 Å². The molecule has 0 spiro atoms. The molecule has 0 radical (unpaired) electrons. The molecule has 4 rings (SSSR count). The largest absolute Gasteiger partial charge is 0.466 e. The molecule has 0 unspecified atom stereocenters. The molecule has 0 N–H and O–H groups in total. The van der Waals surface area contributed by atoms with E-state index in [1.807, 2.05) is 13.8 Å². The molecule has 1 aliphatic heterocycles. The zero-order chi connectivity index (χ0) is 22.1. The van der Waals surface area contributed by atoms with Crippen molar-refractivity contribution in [3.8, 4) is 5.69 Å². The summed E-state index contributed by atoms with van der Waals surface area (Å²) in [6.45, 7) is 7.23. The summed E-state index contributed by atoms with van der Waals surface area (Å²) in [5.41, 5.74) is 3.08. The van der Waals surface area contributed by atoms with Gasteiger partial charge in [-0.25, -0.2) is 9.07 Å². The third kappa shape index (κ3) is 4.36. The summed E-state index contributed by atoms with van der Waals surface area (Å²) >= 11 is 0. The van der Waals surface area contributed by atoms with Gasteiger partial charge in [-0.05, 0) is 62.8 Å². The molecule has 1 aliphatic carbocycles. The number of nitrogens with zero attached hydrogens (tertiary/aromatic N) is 3. The van der Waals surface area contributed by atoms with Crippen LogP contribution < -0.4 is 0 Å². The molecule has 1 aromatic heterocycles. The van der Waals surface area contributed by atoms with Gasteiger partial charge in [0, 0.05) is 19.0 Å². The van der Waals surface area contributed by atoms with Crippen molar-refractivity contribution in [1.29, 1.82) is 0 Å². The number of rotatable bonds is 6. The maximum Gasteiger partial charge on any atom is 0.310 e. The zero-order valence-electron chi connectivity index (χ0n) is 18.4. The molecular weight excluding hydrogens is 397 g/mol. The number of hydrogen-bond acceptors (Lipinski definition) is 4. The standard InChI is InChI=1S/C24H30FN3O3/c1-4-31-24(30)17-6-5-13-27(14-17)23(29)20-21(16-7-8-16)26-28(22(20)15(2)3)19-11-9-18(25)10-12-19/h9-12,15-17H,4-8,13-14H2,1-3H3/t17-/m1/s1. The van der Waals surface area contributed by atoms with Gasteiger partial charge in [0.05, 0.1) is 35.2 Å². The number of amides is 1. The molecule has 1 aromatic carbocycles. The number of carbonyl (C=O) groups excluding carboxylic acids is 2. The van der Waals surface area contributed by atoms with Gasteiger partial charge in [-0.2, -0.15) is 5.10 Å². The molecule has 166 valence electrons. The Morgan fingerprint density at radius 2 is 1.90 bits per heavy atom. The fraction of sp³-hybridized carbons (Fsp3) is 0.542. The molecule has 0 bridgehead atoms. The summed E-state index contributed by atoms with van der Waals surface area (Å²) in [5, 5.41) is 4.85. The highest BCUT2D eigenvalue weighted by atomic mass is 19.1. The van der Waals surface area contributed by atoms with E-state index in [0.717, 1.165) is 42.8 Å². The summed E-state index contributed by atoms with van der Waals surface area (Å²) in [4.78, 5) is 27.8. The van der Waals surface area contributed by atoms with E-state index < -0.39 is 0 Å². The summed E-state index contributed by atoms with van der Waals surface area (Å²) < 4.78 is 20.5. The lowest BCUT2D eigenvalue weighted by atomic mass is 9.95. The Labute approximate surface area is 182 Å². The highest BCUT2D eigenvalue weighted by Gasteiger charge is 2.38. The van der Waals surface area contributed by atoms with Crippen LogP contribution in [-0.4, -0.2) is 46.3 Å². The highest BCUT2D eigenvalue weighted by molar-refractivity contribution is 5.97. The molecule has 1 saturated carbocycles. The third-order valence-electron chi connectivity index (χ3n) is 6.07. The number of benzene rings is 1. The van der Waals surface area contributed by atoms with Crippen LogP contribution in [0.1, 0.15) is 80.0 Å². The number of carbonyl (C=O) groups is 2. The van der Waals surface area contributed by atoms with Crippen LogP contribution in [0.4, 0.5) is 4.39 Å². The van der Waals surface area contributed by atoms with Gasteiger partial charge in [0.2, 0.25) is 0 Å². The first-order valence-corrected chi connectivity index (χ1v) is 11.2. The molecule has 2 heterocycles. The zero-order valence-corrected chi connectivity index (χ0v) is 18.4. The van der Waals surface area contributed by atoms with Crippen molar-refractivity contribution in [2.45, 2.75) is 58.3 Å². The van der Waals surface area contributed by atoms with E-state index in [1.54, 1.807) is 28.6 Å². The van der Waals surface area contributed by atoms with E-state index in [2.05, 4.69) is 0 Å². The molecule has 1 amide bonds. The van der Waals surface area contributed by atoms with Crippen LogP contribution in [0, 0.1) is 11.7 Å². The van der Waals surface area contributed by atoms with Gasteiger partial charge in [0.15, 0.2) is 0 Å². The second-order valence-electron chi connectivity index (χ2n) is 8.81. The average Bonchev–Trinajstić information content (AvgIpc) is 3.53. The highest BCUT2D eigenvalue weighted by Crippen LogP contribution is 2.43. The number of halogens is 1. The molecule has 6 nitrogen and oxygen atoms in total. The van der Waals surface area contributed by atoms with Crippen molar-refractivity contribution in [1.82, 2.24) is 14.7 Å². The molecular formula is C24H30FN3O3. The van der Waals surface area contributed by atoms with Crippen molar-refractivity contribution in [3.63, 3.8) is 0 Å². The Balaban J connectivity index is 1.72. The predicted molar refractivity (Wildman–Crippen MR) is 115 cm³/mol. The SMILES string of the molecule is CCOC(=O)[C@@H]1CCCN(C(=O)c2c(C3CC3)nn(-c3ccc(F)cc3)c2C(C)C)C1. The van der Waals surface area contributed by atoms with E-state index in [1.165, 1.54) is 12.1 Å². The monoisotopic (exact) mass is 427 g/mol. The molecule has 7 heteroatoms. The van der Waals surface area contributed by atoms with Gasteiger partial charge in [0.25, 0.3) is 5.91 Å². The number of hydrogen-bond donors (Lipinski definition) is 0. The second-order valence-corrected chi connectivity index (χ2v) is 8.81.